The molecule has 2 N–H and O–H groups in total. The van der Waals surface area contributed by atoms with Crippen molar-refractivity contribution in [2.24, 2.45) is 5.73 Å². The van der Waals surface area contributed by atoms with Crippen molar-refractivity contribution in [1.82, 2.24) is 0 Å². The highest BCUT2D eigenvalue weighted by molar-refractivity contribution is 5.80. The third kappa shape index (κ3) is 3.99. The van der Waals surface area contributed by atoms with Gasteiger partial charge in [0.05, 0.1) is 20.3 Å². The summed E-state index contributed by atoms with van der Waals surface area (Å²) in [6, 6.07) is 7.25. The number of ether oxygens (including phenoxy) is 2. The molecule has 0 aliphatic heterocycles. The topological polar surface area (TPSA) is 61.5 Å². The van der Waals surface area contributed by atoms with Gasteiger partial charge in [-0.2, -0.15) is 0 Å². The van der Waals surface area contributed by atoms with E-state index in [1.54, 1.807) is 13.2 Å². The highest BCUT2D eigenvalue weighted by Crippen LogP contribution is 2.18. The summed E-state index contributed by atoms with van der Waals surface area (Å²) in [6.45, 7) is 0.421. The summed E-state index contributed by atoms with van der Waals surface area (Å²) in [6.07, 6.45) is 0.341. The van der Waals surface area contributed by atoms with Crippen molar-refractivity contribution in [2.45, 2.75) is 6.42 Å². The average Bonchev–Trinajstić information content (AvgIpc) is 2.29. The molecule has 0 aliphatic carbocycles. The first-order valence-corrected chi connectivity index (χ1v) is 4.75. The minimum atomic E-state index is -0.00195. The molecular weight excluding hydrogens is 194 g/mol. The predicted octanol–water partition coefficient (Wildman–Crippen LogP) is 0.992. The van der Waals surface area contributed by atoms with Crippen LogP contribution in [0.3, 0.4) is 0 Å². The van der Waals surface area contributed by atoms with E-state index < -0.39 is 0 Å². The quantitative estimate of drug-likeness (QED) is 0.759. The minimum Gasteiger partial charge on any atom is -0.497 e. The van der Waals surface area contributed by atoms with Gasteiger partial charge in [-0.15, -0.1) is 0 Å². The Labute approximate surface area is 89.0 Å². The van der Waals surface area contributed by atoms with Crippen molar-refractivity contribution in [2.75, 3.05) is 20.3 Å². The fourth-order valence-corrected chi connectivity index (χ4v) is 1.08. The zero-order chi connectivity index (χ0) is 11.1. The second-order valence-electron chi connectivity index (χ2n) is 3.02. The van der Waals surface area contributed by atoms with E-state index in [0.29, 0.717) is 18.8 Å². The molecule has 0 bridgehead atoms. The summed E-state index contributed by atoms with van der Waals surface area (Å²) in [5.41, 5.74) is 5.17. The van der Waals surface area contributed by atoms with Gasteiger partial charge < -0.3 is 15.2 Å². The minimum absolute atomic E-state index is 0.00195. The number of carbonyl (C=O) groups is 1. The molecule has 0 heterocycles. The molecule has 4 nitrogen and oxygen atoms in total. The van der Waals surface area contributed by atoms with Crippen LogP contribution in [0.2, 0.25) is 0 Å². The Morgan fingerprint density at radius 2 is 2.13 bits per heavy atom. The zero-order valence-corrected chi connectivity index (χ0v) is 8.73. The largest absolute Gasteiger partial charge is 0.497 e. The van der Waals surface area contributed by atoms with E-state index in [9.17, 15) is 4.79 Å². The van der Waals surface area contributed by atoms with Gasteiger partial charge in [-0.3, -0.25) is 4.79 Å². The smallest absolute Gasteiger partial charge is 0.149 e. The van der Waals surface area contributed by atoms with Crippen molar-refractivity contribution in [3.05, 3.63) is 24.3 Å². The first-order valence-electron chi connectivity index (χ1n) is 4.75. The summed E-state index contributed by atoms with van der Waals surface area (Å²) < 4.78 is 10.4. The summed E-state index contributed by atoms with van der Waals surface area (Å²) in [5, 5.41) is 0. The highest BCUT2D eigenvalue weighted by atomic mass is 16.5. The molecule has 4 heteroatoms. The molecule has 0 amide bonds. The number of benzene rings is 1. The number of ketones is 1. The van der Waals surface area contributed by atoms with E-state index in [-0.39, 0.29) is 12.3 Å². The Bertz CT molecular complexity index is 325. The third-order valence-corrected chi connectivity index (χ3v) is 1.92. The van der Waals surface area contributed by atoms with E-state index in [1.165, 1.54) is 0 Å². The maximum absolute atomic E-state index is 10.9. The monoisotopic (exact) mass is 209 g/mol. The molecule has 1 aromatic carbocycles. The third-order valence-electron chi connectivity index (χ3n) is 1.92. The van der Waals surface area contributed by atoms with Gasteiger partial charge in [0.2, 0.25) is 0 Å². The van der Waals surface area contributed by atoms with Crippen LogP contribution in [0.4, 0.5) is 0 Å². The molecule has 15 heavy (non-hydrogen) atoms. The molecule has 0 saturated heterocycles. The van der Waals surface area contributed by atoms with E-state index in [4.69, 9.17) is 15.2 Å². The van der Waals surface area contributed by atoms with E-state index >= 15 is 0 Å². The van der Waals surface area contributed by atoms with Crippen LogP contribution in [-0.2, 0) is 4.79 Å². The van der Waals surface area contributed by atoms with Crippen LogP contribution in [-0.4, -0.2) is 26.0 Å². The molecule has 0 aliphatic rings. The summed E-state index contributed by atoms with van der Waals surface area (Å²) >= 11 is 0. The summed E-state index contributed by atoms with van der Waals surface area (Å²) in [5.74, 6) is 1.43. The summed E-state index contributed by atoms with van der Waals surface area (Å²) in [7, 11) is 1.59. The second-order valence-corrected chi connectivity index (χ2v) is 3.02. The number of rotatable bonds is 6. The average molecular weight is 209 g/mol. The number of nitrogens with two attached hydrogens (primary N) is 1. The first-order chi connectivity index (χ1) is 7.26. The Morgan fingerprint density at radius 3 is 2.80 bits per heavy atom. The van der Waals surface area contributed by atoms with Gasteiger partial charge in [-0.05, 0) is 12.1 Å². The van der Waals surface area contributed by atoms with Crippen LogP contribution in [0.15, 0.2) is 24.3 Å². The fourth-order valence-electron chi connectivity index (χ4n) is 1.08. The van der Waals surface area contributed by atoms with E-state index in [0.717, 1.165) is 5.75 Å². The Kier molecular flexibility index (Phi) is 4.63. The number of hydrogen-bond acceptors (Lipinski definition) is 4. The van der Waals surface area contributed by atoms with Gasteiger partial charge in [0.25, 0.3) is 0 Å². The van der Waals surface area contributed by atoms with Gasteiger partial charge in [-0.25, -0.2) is 0 Å². The zero-order valence-electron chi connectivity index (χ0n) is 8.73. The van der Waals surface area contributed by atoms with Crippen LogP contribution < -0.4 is 15.2 Å². The molecule has 0 fully saturated rings. The second kappa shape index (κ2) is 6.03. The summed E-state index contributed by atoms with van der Waals surface area (Å²) in [4.78, 5) is 10.9. The molecule has 0 radical (unpaired) electrons. The Balaban J connectivity index is 2.40. The number of hydrogen-bond donors (Lipinski definition) is 1. The van der Waals surface area contributed by atoms with Crippen LogP contribution in [0, 0.1) is 0 Å². The molecule has 0 spiro atoms. The van der Waals surface area contributed by atoms with Crippen LogP contribution in [0.5, 0.6) is 11.5 Å². The maximum atomic E-state index is 10.9. The molecule has 0 aromatic heterocycles. The maximum Gasteiger partial charge on any atom is 0.149 e. The number of carbonyl (C=O) groups excluding carboxylic acids is 1. The van der Waals surface area contributed by atoms with Gasteiger partial charge >= 0.3 is 0 Å². The van der Waals surface area contributed by atoms with Crippen LogP contribution >= 0.6 is 0 Å². The lowest BCUT2D eigenvalue weighted by molar-refractivity contribution is -0.118. The van der Waals surface area contributed by atoms with Crippen LogP contribution in [0.1, 0.15) is 6.42 Å². The SMILES string of the molecule is COc1cccc(OCCC(=O)CN)c1. The fraction of sp³-hybridized carbons (Fsp3) is 0.364. The lowest BCUT2D eigenvalue weighted by Crippen LogP contribution is -2.16. The normalized spacial score (nSPS) is 9.73. The van der Waals surface area contributed by atoms with Crippen molar-refractivity contribution in [1.29, 1.82) is 0 Å². The van der Waals surface area contributed by atoms with Crippen molar-refractivity contribution in [3.8, 4) is 11.5 Å². The first kappa shape index (κ1) is 11.5. The van der Waals surface area contributed by atoms with Gasteiger partial charge in [0.1, 0.15) is 17.3 Å². The predicted molar refractivity (Wildman–Crippen MR) is 57.2 cm³/mol. The highest BCUT2D eigenvalue weighted by Gasteiger charge is 2.00. The van der Waals surface area contributed by atoms with Crippen molar-refractivity contribution in [3.63, 3.8) is 0 Å². The molecule has 0 unspecified atom stereocenters. The Hall–Kier alpha value is -1.55. The van der Waals surface area contributed by atoms with Gasteiger partial charge in [-0.1, -0.05) is 6.07 Å². The van der Waals surface area contributed by atoms with Crippen molar-refractivity contribution >= 4 is 5.78 Å². The van der Waals surface area contributed by atoms with Crippen LogP contribution in [0.25, 0.3) is 0 Å². The van der Waals surface area contributed by atoms with Gasteiger partial charge in [0.15, 0.2) is 0 Å². The lowest BCUT2D eigenvalue weighted by atomic mass is 10.3. The van der Waals surface area contributed by atoms with E-state index in [1.807, 2.05) is 18.2 Å². The molecule has 0 saturated carbocycles. The Morgan fingerprint density at radius 1 is 1.40 bits per heavy atom. The van der Waals surface area contributed by atoms with E-state index in [2.05, 4.69) is 0 Å². The molecule has 1 rings (SSSR count). The molecule has 82 valence electrons. The number of Topliss-reactive ketones (excluding diaryl/α,β-unsaturated/α-hetero) is 1. The number of methoxy groups -OCH3 is 1. The molecule has 1 aromatic rings. The standard InChI is InChI=1S/C11H15NO3/c1-14-10-3-2-4-11(7-10)15-6-5-9(13)8-12/h2-4,7H,5-6,8,12H2,1H3. The lowest BCUT2D eigenvalue weighted by Gasteiger charge is -2.06. The molecular formula is C11H15NO3. The van der Waals surface area contributed by atoms with Gasteiger partial charge in [0, 0.05) is 12.5 Å². The van der Waals surface area contributed by atoms with Crippen molar-refractivity contribution < 1.29 is 14.3 Å². The molecule has 0 atom stereocenters.